The fourth-order valence-electron chi connectivity index (χ4n) is 2.28. The van der Waals surface area contributed by atoms with E-state index in [1.807, 2.05) is 0 Å². The molecule has 0 aromatic rings. The Hall–Kier alpha value is -0.370. The topological polar surface area (TPSA) is 17.1 Å². The van der Waals surface area contributed by atoms with Crippen molar-refractivity contribution in [2.45, 2.75) is 33.6 Å². The molecule has 2 nitrogen and oxygen atoms in total. The molecular formula is C10H20NO+. The summed E-state index contributed by atoms with van der Waals surface area (Å²) in [5.41, 5.74) is 0.346. The van der Waals surface area contributed by atoms with E-state index in [0.717, 1.165) is 13.1 Å². The van der Waals surface area contributed by atoms with Crippen LogP contribution in [0.5, 0.6) is 0 Å². The van der Waals surface area contributed by atoms with Crippen molar-refractivity contribution in [3.63, 3.8) is 0 Å². The summed E-state index contributed by atoms with van der Waals surface area (Å²) in [4.78, 5) is 11.4. The molecule has 0 saturated carbocycles. The van der Waals surface area contributed by atoms with Gasteiger partial charge in [-0.05, 0) is 12.8 Å². The zero-order chi connectivity index (χ0) is 9.41. The van der Waals surface area contributed by atoms with E-state index in [1.165, 1.54) is 12.8 Å². The first-order valence-corrected chi connectivity index (χ1v) is 4.71. The van der Waals surface area contributed by atoms with Crippen molar-refractivity contribution >= 4 is 5.91 Å². The van der Waals surface area contributed by atoms with Crippen molar-refractivity contribution < 1.29 is 9.28 Å². The van der Waals surface area contributed by atoms with Crippen LogP contribution in [0.4, 0.5) is 0 Å². The van der Waals surface area contributed by atoms with Crippen LogP contribution < -0.4 is 0 Å². The van der Waals surface area contributed by atoms with Gasteiger partial charge in [-0.2, -0.15) is 0 Å². The van der Waals surface area contributed by atoms with Crippen LogP contribution in [-0.2, 0) is 4.79 Å². The molecule has 1 rings (SSSR count). The lowest BCUT2D eigenvalue weighted by Crippen LogP contribution is -2.56. The molecule has 1 heterocycles. The predicted molar refractivity (Wildman–Crippen MR) is 49.6 cm³/mol. The summed E-state index contributed by atoms with van der Waals surface area (Å²) in [6.45, 7) is 8.25. The van der Waals surface area contributed by atoms with Gasteiger partial charge in [0.1, 0.15) is 0 Å². The third kappa shape index (κ3) is 1.86. The van der Waals surface area contributed by atoms with Crippen molar-refractivity contribution in [2.75, 3.05) is 20.1 Å². The molecule has 0 aromatic carbocycles. The highest BCUT2D eigenvalue weighted by atomic mass is 16.2. The van der Waals surface area contributed by atoms with Gasteiger partial charge in [0, 0.05) is 5.41 Å². The van der Waals surface area contributed by atoms with Crippen LogP contribution >= 0.6 is 0 Å². The molecule has 1 fully saturated rings. The van der Waals surface area contributed by atoms with Crippen LogP contribution in [0.2, 0.25) is 0 Å². The van der Waals surface area contributed by atoms with Crippen LogP contribution in [0.1, 0.15) is 33.6 Å². The quantitative estimate of drug-likeness (QED) is 0.507. The normalized spacial score (nSPS) is 34.7. The lowest BCUT2D eigenvalue weighted by molar-refractivity contribution is -0.847. The highest BCUT2D eigenvalue weighted by Crippen LogP contribution is 2.31. The number of carbonyl (C=O) groups excluding carboxylic acids is 1. The average Bonchev–Trinajstić information content (AvgIpc) is 1.83. The number of rotatable bonds is 0. The van der Waals surface area contributed by atoms with Gasteiger partial charge < -0.3 is 0 Å². The number of nitrogens with zero attached hydrogens (tertiary/aromatic N) is 1. The fourth-order valence-corrected chi connectivity index (χ4v) is 2.28. The van der Waals surface area contributed by atoms with Gasteiger partial charge in [0.25, 0.3) is 0 Å². The first-order valence-electron chi connectivity index (χ1n) is 4.71. The zero-order valence-electron chi connectivity index (χ0n) is 8.68. The zero-order valence-corrected chi connectivity index (χ0v) is 8.68. The second kappa shape index (κ2) is 2.84. The maximum atomic E-state index is 11.4. The molecule has 12 heavy (non-hydrogen) atoms. The van der Waals surface area contributed by atoms with Crippen molar-refractivity contribution in [3.05, 3.63) is 0 Å². The van der Waals surface area contributed by atoms with Gasteiger partial charge in [0.15, 0.2) is 0 Å². The van der Waals surface area contributed by atoms with Gasteiger partial charge in [-0.15, -0.1) is 0 Å². The standard InChI is InChI=1S/C10H20NO/c1-9(12)11(4)7-5-6-10(2,3)8-11/h5-8H2,1-4H3/q+1. The van der Waals surface area contributed by atoms with E-state index >= 15 is 0 Å². The highest BCUT2D eigenvalue weighted by molar-refractivity contribution is 5.65. The van der Waals surface area contributed by atoms with E-state index in [-0.39, 0.29) is 0 Å². The summed E-state index contributed by atoms with van der Waals surface area (Å²) in [6.07, 6.45) is 2.44. The van der Waals surface area contributed by atoms with Gasteiger partial charge in [0.2, 0.25) is 0 Å². The Morgan fingerprint density at radius 2 is 2.00 bits per heavy atom. The molecule has 1 amide bonds. The van der Waals surface area contributed by atoms with Crippen molar-refractivity contribution in [3.8, 4) is 0 Å². The lowest BCUT2D eigenvalue weighted by Gasteiger charge is -2.42. The van der Waals surface area contributed by atoms with Gasteiger partial charge in [0.05, 0.1) is 27.1 Å². The van der Waals surface area contributed by atoms with Gasteiger partial charge in [-0.1, -0.05) is 13.8 Å². The van der Waals surface area contributed by atoms with E-state index < -0.39 is 0 Å². The Kier molecular flexibility index (Phi) is 2.30. The predicted octanol–water partition coefficient (Wildman–Crippen LogP) is 1.80. The second-order valence-electron chi connectivity index (χ2n) is 5.06. The lowest BCUT2D eigenvalue weighted by atomic mass is 9.83. The monoisotopic (exact) mass is 170 g/mol. The van der Waals surface area contributed by atoms with Crippen LogP contribution in [-0.4, -0.2) is 30.5 Å². The summed E-state index contributed by atoms with van der Waals surface area (Å²) < 4.78 is 0.632. The molecular weight excluding hydrogens is 150 g/mol. The van der Waals surface area contributed by atoms with Crippen LogP contribution in [0.25, 0.3) is 0 Å². The Balaban J connectivity index is 2.74. The van der Waals surface area contributed by atoms with Gasteiger partial charge in [-0.25, -0.2) is 4.79 Å². The number of piperidine rings is 1. The number of hydrogen-bond acceptors (Lipinski definition) is 1. The molecule has 1 unspecified atom stereocenters. The summed E-state index contributed by atoms with van der Waals surface area (Å²) in [6, 6.07) is 0. The molecule has 0 aliphatic carbocycles. The summed E-state index contributed by atoms with van der Waals surface area (Å²) in [7, 11) is 2.06. The minimum Gasteiger partial charge on any atom is -0.263 e. The third-order valence-corrected chi connectivity index (χ3v) is 3.04. The van der Waals surface area contributed by atoms with Crippen LogP contribution in [0, 0.1) is 5.41 Å². The van der Waals surface area contributed by atoms with Crippen molar-refractivity contribution in [1.29, 1.82) is 0 Å². The third-order valence-electron chi connectivity index (χ3n) is 3.04. The fraction of sp³-hybridized carbons (Fsp3) is 0.900. The molecule has 70 valence electrons. The van der Waals surface area contributed by atoms with Crippen LogP contribution in [0.15, 0.2) is 0 Å². The highest BCUT2D eigenvalue weighted by Gasteiger charge is 2.39. The molecule has 2 heteroatoms. The Morgan fingerprint density at radius 1 is 1.42 bits per heavy atom. The molecule has 1 atom stereocenters. The number of amides is 1. The average molecular weight is 170 g/mol. The van der Waals surface area contributed by atoms with Crippen molar-refractivity contribution in [1.82, 2.24) is 0 Å². The smallest absolute Gasteiger partial charge is 0.263 e. The van der Waals surface area contributed by atoms with Crippen molar-refractivity contribution in [2.24, 2.45) is 5.41 Å². The molecule has 0 N–H and O–H groups in total. The first-order chi connectivity index (χ1) is 5.36. The van der Waals surface area contributed by atoms with E-state index in [9.17, 15) is 4.79 Å². The van der Waals surface area contributed by atoms with E-state index in [1.54, 1.807) is 6.92 Å². The maximum absolute atomic E-state index is 11.4. The molecule has 0 radical (unpaired) electrons. The number of carbonyl (C=O) groups is 1. The molecule has 0 spiro atoms. The molecule has 1 aliphatic rings. The van der Waals surface area contributed by atoms with Gasteiger partial charge in [-0.3, -0.25) is 4.48 Å². The largest absolute Gasteiger partial charge is 0.310 e. The maximum Gasteiger partial charge on any atom is 0.310 e. The number of hydrogen-bond donors (Lipinski definition) is 0. The summed E-state index contributed by atoms with van der Waals surface area (Å²) in [5, 5.41) is 0. The Bertz CT molecular complexity index is 198. The van der Waals surface area contributed by atoms with Crippen LogP contribution in [0.3, 0.4) is 0 Å². The van der Waals surface area contributed by atoms with Gasteiger partial charge >= 0.3 is 5.91 Å². The Morgan fingerprint density at radius 3 is 2.33 bits per heavy atom. The number of quaternary nitrogens is 1. The minimum absolute atomic E-state index is 0.308. The minimum atomic E-state index is 0.308. The Labute approximate surface area is 75.1 Å². The second-order valence-corrected chi connectivity index (χ2v) is 5.06. The van der Waals surface area contributed by atoms with E-state index in [2.05, 4.69) is 20.9 Å². The summed E-state index contributed by atoms with van der Waals surface area (Å²) >= 11 is 0. The molecule has 1 aliphatic heterocycles. The molecule has 0 aromatic heterocycles. The first kappa shape index (κ1) is 9.72. The summed E-state index contributed by atoms with van der Waals surface area (Å²) in [5.74, 6) is 0.308. The van der Waals surface area contributed by atoms with E-state index in [4.69, 9.17) is 0 Å². The SMILES string of the molecule is CC(=O)[N+]1(C)CCCC(C)(C)C1. The molecule has 0 bridgehead atoms. The number of likely N-dealkylation sites (tertiary alicyclic amines) is 1. The molecule has 1 saturated heterocycles. The van der Waals surface area contributed by atoms with E-state index in [0.29, 0.717) is 15.8 Å².